The van der Waals surface area contributed by atoms with Crippen LogP contribution in [0, 0.1) is 11.8 Å². The molecule has 0 heterocycles. The van der Waals surface area contributed by atoms with E-state index in [0.717, 1.165) is 22.6 Å². The van der Waals surface area contributed by atoms with E-state index >= 15 is 0 Å². The zero-order valence-corrected chi connectivity index (χ0v) is 18.6. The van der Waals surface area contributed by atoms with E-state index in [2.05, 4.69) is 24.5 Å². The third-order valence-corrected chi connectivity index (χ3v) is 6.95. The molecule has 4 nitrogen and oxygen atoms in total. The second-order valence-electron chi connectivity index (χ2n) is 7.80. The summed E-state index contributed by atoms with van der Waals surface area (Å²) in [7, 11) is 0. The maximum absolute atomic E-state index is 12.9. The van der Waals surface area contributed by atoms with E-state index in [9.17, 15) is 9.59 Å². The SMILES string of the molecule is CC(=O)Nc1cc(C(=O)NC2CCCC(C)C2C)ccc1Sc1ccc(Cl)cc1. The molecule has 0 spiro atoms. The lowest BCUT2D eigenvalue weighted by molar-refractivity contribution is -0.114. The third-order valence-electron chi connectivity index (χ3n) is 5.62. The first-order valence-corrected chi connectivity index (χ1v) is 11.2. The number of hydrogen-bond donors (Lipinski definition) is 2. The highest BCUT2D eigenvalue weighted by molar-refractivity contribution is 7.99. The van der Waals surface area contributed by atoms with E-state index in [-0.39, 0.29) is 17.9 Å². The van der Waals surface area contributed by atoms with Crippen molar-refractivity contribution in [2.75, 3.05) is 5.32 Å². The summed E-state index contributed by atoms with van der Waals surface area (Å²) in [6.07, 6.45) is 3.38. The van der Waals surface area contributed by atoms with Crippen molar-refractivity contribution in [2.24, 2.45) is 11.8 Å². The van der Waals surface area contributed by atoms with Crippen LogP contribution in [0.15, 0.2) is 52.3 Å². The third kappa shape index (κ3) is 5.77. The molecule has 2 aromatic rings. The van der Waals surface area contributed by atoms with Crippen LogP contribution in [0.5, 0.6) is 0 Å². The molecule has 0 saturated heterocycles. The van der Waals surface area contributed by atoms with Gasteiger partial charge in [0.1, 0.15) is 0 Å². The first-order chi connectivity index (χ1) is 13.8. The first-order valence-electron chi connectivity index (χ1n) is 9.99. The number of anilines is 1. The van der Waals surface area contributed by atoms with Gasteiger partial charge in [-0.25, -0.2) is 0 Å². The van der Waals surface area contributed by atoms with Gasteiger partial charge in [0.15, 0.2) is 0 Å². The van der Waals surface area contributed by atoms with Gasteiger partial charge in [-0.1, -0.05) is 50.1 Å². The highest BCUT2D eigenvalue weighted by Crippen LogP contribution is 2.35. The van der Waals surface area contributed by atoms with Gasteiger partial charge < -0.3 is 10.6 Å². The zero-order chi connectivity index (χ0) is 21.0. The fourth-order valence-corrected chi connectivity index (χ4v) is 4.72. The average molecular weight is 431 g/mol. The second kappa shape index (κ2) is 9.68. The van der Waals surface area contributed by atoms with E-state index in [0.29, 0.717) is 28.1 Å². The molecule has 29 heavy (non-hydrogen) atoms. The molecule has 3 atom stereocenters. The lowest BCUT2D eigenvalue weighted by Crippen LogP contribution is -2.43. The molecule has 1 saturated carbocycles. The van der Waals surface area contributed by atoms with Crippen LogP contribution in [-0.4, -0.2) is 17.9 Å². The molecule has 154 valence electrons. The van der Waals surface area contributed by atoms with Crippen molar-refractivity contribution in [3.8, 4) is 0 Å². The molecule has 6 heteroatoms. The van der Waals surface area contributed by atoms with Gasteiger partial charge in [-0.15, -0.1) is 0 Å². The number of carbonyl (C=O) groups excluding carboxylic acids is 2. The summed E-state index contributed by atoms with van der Waals surface area (Å²) in [4.78, 5) is 26.4. The smallest absolute Gasteiger partial charge is 0.251 e. The predicted molar refractivity (Wildman–Crippen MR) is 120 cm³/mol. The minimum Gasteiger partial charge on any atom is -0.349 e. The molecule has 0 aliphatic heterocycles. The number of nitrogens with one attached hydrogen (secondary N) is 2. The maximum atomic E-state index is 12.9. The second-order valence-corrected chi connectivity index (χ2v) is 9.35. The number of amides is 2. The van der Waals surface area contributed by atoms with Crippen molar-refractivity contribution in [3.05, 3.63) is 53.1 Å². The largest absolute Gasteiger partial charge is 0.349 e. The van der Waals surface area contributed by atoms with E-state index in [1.807, 2.05) is 36.4 Å². The van der Waals surface area contributed by atoms with Crippen molar-refractivity contribution < 1.29 is 9.59 Å². The Morgan fingerprint density at radius 2 is 1.79 bits per heavy atom. The van der Waals surface area contributed by atoms with Gasteiger partial charge in [0, 0.05) is 33.3 Å². The Morgan fingerprint density at radius 1 is 1.07 bits per heavy atom. The fourth-order valence-electron chi connectivity index (χ4n) is 3.71. The maximum Gasteiger partial charge on any atom is 0.251 e. The Hall–Kier alpha value is -1.98. The van der Waals surface area contributed by atoms with Gasteiger partial charge in [0.25, 0.3) is 5.91 Å². The van der Waals surface area contributed by atoms with Gasteiger partial charge in [-0.05, 0) is 60.7 Å². The van der Waals surface area contributed by atoms with E-state index in [1.54, 1.807) is 6.07 Å². The summed E-state index contributed by atoms with van der Waals surface area (Å²) in [6, 6.07) is 13.2. The van der Waals surface area contributed by atoms with Gasteiger partial charge in [0.2, 0.25) is 5.91 Å². The molecule has 1 aliphatic carbocycles. The molecule has 0 aromatic heterocycles. The Kier molecular flexibility index (Phi) is 7.25. The number of benzene rings is 2. The standard InChI is InChI=1S/C23H27ClN2O2S/c1-14-5-4-6-20(15(14)2)26-23(28)17-7-12-22(21(13-17)25-16(3)27)29-19-10-8-18(24)9-11-19/h7-15,20H,4-6H2,1-3H3,(H,25,27)(H,26,28). The lowest BCUT2D eigenvalue weighted by atomic mass is 9.78. The van der Waals surface area contributed by atoms with Crippen molar-refractivity contribution in [1.82, 2.24) is 5.32 Å². The van der Waals surface area contributed by atoms with Crippen LogP contribution in [0.25, 0.3) is 0 Å². The summed E-state index contributed by atoms with van der Waals surface area (Å²) in [5.74, 6) is 0.810. The molecule has 3 unspecified atom stereocenters. The van der Waals surface area contributed by atoms with Crippen LogP contribution in [0.3, 0.4) is 0 Å². The van der Waals surface area contributed by atoms with Crippen LogP contribution < -0.4 is 10.6 Å². The van der Waals surface area contributed by atoms with Crippen LogP contribution >= 0.6 is 23.4 Å². The van der Waals surface area contributed by atoms with Crippen LogP contribution in [0.4, 0.5) is 5.69 Å². The molecule has 2 amide bonds. The first kappa shape index (κ1) is 21.7. The van der Waals surface area contributed by atoms with Crippen molar-refractivity contribution >= 4 is 40.9 Å². The fraction of sp³-hybridized carbons (Fsp3) is 0.391. The van der Waals surface area contributed by atoms with E-state index in [1.165, 1.54) is 25.1 Å². The predicted octanol–water partition coefficient (Wildman–Crippen LogP) is 6.00. The molecule has 1 fully saturated rings. The van der Waals surface area contributed by atoms with Gasteiger partial charge in [-0.3, -0.25) is 9.59 Å². The monoisotopic (exact) mass is 430 g/mol. The highest BCUT2D eigenvalue weighted by Gasteiger charge is 2.28. The highest BCUT2D eigenvalue weighted by atomic mass is 35.5. The van der Waals surface area contributed by atoms with E-state index in [4.69, 9.17) is 11.6 Å². The van der Waals surface area contributed by atoms with Crippen LogP contribution in [0.2, 0.25) is 5.02 Å². The lowest BCUT2D eigenvalue weighted by Gasteiger charge is -2.34. The van der Waals surface area contributed by atoms with Crippen molar-refractivity contribution in [1.29, 1.82) is 0 Å². The summed E-state index contributed by atoms with van der Waals surface area (Å²) in [6.45, 7) is 5.93. The molecule has 3 rings (SSSR count). The summed E-state index contributed by atoms with van der Waals surface area (Å²) < 4.78 is 0. The van der Waals surface area contributed by atoms with E-state index < -0.39 is 0 Å². The summed E-state index contributed by atoms with van der Waals surface area (Å²) >= 11 is 7.48. The summed E-state index contributed by atoms with van der Waals surface area (Å²) in [5, 5.41) is 6.73. The minimum atomic E-state index is -0.171. The number of hydrogen-bond acceptors (Lipinski definition) is 3. The Labute approximate surface area is 181 Å². The molecule has 2 aromatic carbocycles. The van der Waals surface area contributed by atoms with Crippen molar-refractivity contribution in [3.63, 3.8) is 0 Å². The average Bonchev–Trinajstić information content (AvgIpc) is 2.68. The quantitative estimate of drug-likeness (QED) is 0.611. The van der Waals surface area contributed by atoms with Crippen LogP contribution in [-0.2, 0) is 4.79 Å². The van der Waals surface area contributed by atoms with Crippen molar-refractivity contribution in [2.45, 2.75) is 55.9 Å². The molecule has 0 radical (unpaired) electrons. The topological polar surface area (TPSA) is 58.2 Å². The normalized spacial score (nSPS) is 21.4. The van der Waals surface area contributed by atoms with Crippen LogP contribution in [0.1, 0.15) is 50.4 Å². The minimum absolute atomic E-state index is 0.0920. The number of rotatable bonds is 5. The Bertz CT molecular complexity index is 885. The van der Waals surface area contributed by atoms with Gasteiger partial charge in [0.05, 0.1) is 5.69 Å². The Morgan fingerprint density at radius 3 is 2.48 bits per heavy atom. The number of carbonyl (C=O) groups is 2. The molecular weight excluding hydrogens is 404 g/mol. The molecule has 0 bridgehead atoms. The zero-order valence-electron chi connectivity index (χ0n) is 17.0. The molecule has 1 aliphatic rings. The molecular formula is C23H27ClN2O2S. The molecule has 2 N–H and O–H groups in total. The van der Waals surface area contributed by atoms with Gasteiger partial charge in [-0.2, -0.15) is 0 Å². The Balaban J connectivity index is 1.79. The number of halogens is 1. The summed E-state index contributed by atoms with van der Waals surface area (Å²) in [5.41, 5.74) is 1.19. The van der Waals surface area contributed by atoms with Gasteiger partial charge >= 0.3 is 0 Å².